The largest absolute Gasteiger partial charge is 0.343 e. The Labute approximate surface area is 144 Å². The van der Waals surface area contributed by atoms with Gasteiger partial charge in [0.1, 0.15) is 0 Å². The summed E-state index contributed by atoms with van der Waals surface area (Å²) in [6, 6.07) is 10.8. The molecule has 4 heteroatoms. The van der Waals surface area contributed by atoms with Crippen LogP contribution in [0.5, 0.6) is 0 Å². The van der Waals surface area contributed by atoms with Crippen LogP contribution in [0.3, 0.4) is 0 Å². The van der Waals surface area contributed by atoms with Gasteiger partial charge in [0.2, 0.25) is 11.8 Å². The van der Waals surface area contributed by atoms with Gasteiger partial charge in [-0.25, -0.2) is 0 Å². The van der Waals surface area contributed by atoms with E-state index in [1.807, 2.05) is 11.0 Å². The van der Waals surface area contributed by atoms with Gasteiger partial charge in [0, 0.05) is 38.5 Å². The first-order valence-electron chi connectivity index (χ1n) is 9.25. The number of hydrogen-bond acceptors (Lipinski definition) is 2. The topological polar surface area (TPSA) is 40.6 Å². The summed E-state index contributed by atoms with van der Waals surface area (Å²) >= 11 is 0. The van der Waals surface area contributed by atoms with Crippen LogP contribution in [0.4, 0.5) is 0 Å². The van der Waals surface area contributed by atoms with Gasteiger partial charge in [0.15, 0.2) is 0 Å². The van der Waals surface area contributed by atoms with Crippen molar-refractivity contribution in [3.05, 3.63) is 35.9 Å². The van der Waals surface area contributed by atoms with Crippen molar-refractivity contribution in [2.45, 2.75) is 51.5 Å². The van der Waals surface area contributed by atoms with E-state index in [2.05, 4.69) is 29.2 Å². The Morgan fingerprint density at radius 1 is 1.00 bits per heavy atom. The van der Waals surface area contributed by atoms with Gasteiger partial charge < -0.3 is 9.80 Å². The van der Waals surface area contributed by atoms with Crippen LogP contribution in [0, 0.1) is 5.92 Å². The van der Waals surface area contributed by atoms with Crippen LogP contribution in [-0.2, 0) is 16.0 Å². The van der Waals surface area contributed by atoms with E-state index in [-0.39, 0.29) is 11.8 Å². The molecule has 0 saturated carbocycles. The molecule has 2 amide bonds. The smallest absolute Gasteiger partial charge is 0.226 e. The predicted octanol–water partition coefficient (Wildman–Crippen LogP) is 2.87. The van der Waals surface area contributed by atoms with Crippen molar-refractivity contribution in [3.63, 3.8) is 0 Å². The van der Waals surface area contributed by atoms with Crippen LogP contribution in [-0.4, -0.2) is 47.3 Å². The number of hydrogen-bond donors (Lipinski definition) is 0. The van der Waals surface area contributed by atoms with E-state index < -0.39 is 0 Å². The van der Waals surface area contributed by atoms with Crippen molar-refractivity contribution in [2.75, 3.05) is 19.6 Å². The summed E-state index contributed by atoms with van der Waals surface area (Å²) in [5, 5.41) is 0. The fourth-order valence-corrected chi connectivity index (χ4v) is 4.06. The molecule has 1 aromatic carbocycles. The van der Waals surface area contributed by atoms with Crippen molar-refractivity contribution < 1.29 is 9.59 Å². The highest BCUT2D eigenvalue weighted by Gasteiger charge is 2.33. The maximum atomic E-state index is 13.1. The monoisotopic (exact) mass is 328 g/mol. The van der Waals surface area contributed by atoms with E-state index in [1.165, 1.54) is 12.0 Å². The summed E-state index contributed by atoms with van der Waals surface area (Å²) in [6.45, 7) is 3.96. The maximum Gasteiger partial charge on any atom is 0.226 e. The molecule has 0 N–H and O–H groups in total. The van der Waals surface area contributed by atoms with E-state index in [4.69, 9.17) is 0 Å². The highest BCUT2D eigenvalue weighted by Crippen LogP contribution is 2.26. The van der Waals surface area contributed by atoms with Crippen LogP contribution in [0.2, 0.25) is 0 Å². The molecule has 2 saturated heterocycles. The standard InChI is InChI=1S/C20H28N2O2/c1-16(23)21-13-10-18(11-14-21)20(24)22-12-6-5-9-19(22)15-17-7-3-2-4-8-17/h2-4,7-8,18-19H,5-6,9-15H2,1H3. The molecule has 0 radical (unpaired) electrons. The summed E-state index contributed by atoms with van der Waals surface area (Å²) in [6.07, 6.45) is 6.01. The molecule has 2 heterocycles. The Bertz CT molecular complexity index is 564. The molecule has 1 unspecified atom stereocenters. The first kappa shape index (κ1) is 17.0. The highest BCUT2D eigenvalue weighted by molar-refractivity contribution is 5.80. The molecule has 3 rings (SSSR count). The van der Waals surface area contributed by atoms with Gasteiger partial charge in [-0.15, -0.1) is 0 Å². The zero-order valence-corrected chi connectivity index (χ0v) is 14.6. The molecular weight excluding hydrogens is 300 g/mol. The highest BCUT2D eigenvalue weighted by atomic mass is 16.2. The number of likely N-dealkylation sites (tertiary alicyclic amines) is 2. The fourth-order valence-electron chi connectivity index (χ4n) is 4.06. The number of rotatable bonds is 3. The molecule has 24 heavy (non-hydrogen) atoms. The lowest BCUT2D eigenvalue weighted by molar-refractivity contribution is -0.143. The number of nitrogens with zero attached hydrogens (tertiary/aromatic N) is 2. The molecule has 0 bridgehead atoms. The molecule has 1 aromatic rings. The number of carbonyl (C=O) groups excluding carboxylic acids is 2. The Kier molecular flexibility index (Phi) is 5.54. The summed E-state index contributed by atoms with van der Waals surface area (Å²) in [5.41, 5.74) is 1.31. The van der Waals surface area contributed by atoms with E-state index in [9.17, 15) is 9.59 Å². The second-order valence-corrected chi connectivity index (χ2v) is 7.15. The number of carbonyl (C=O) groups is 2. The van der Waals surface area contributed by atoms with Crippen molar-refractivity contribution in [1.29, 1.82) is 0 Å². The molecule has 130 valence electrons. The minimum absolute atomic E-state index is 0.0944. The van der Waals surface area contributed by atoms with E-state index in [0.29, 0.717) is 11.9 Å². The van der Waals surface area contributed by atoms with Crippen LogP contribution >= 0.6 is 0 Å². The third-order valence-corrected chi connectivity index (χ3v) is 5.51. The van der Waals surface area contributed by atoms with E-state index >= 15 is 0 Å². The number of amides is 2. The predicted molar refractivity (Wildman–Crippen MR) is 94.5 cm³/mol. The van der Waals surface area contributed by atoms with Crippen LogP contribution in [0.1, 0.15) is 44.6 Å². The average Bonchev–Trinajstić information content (AvgIpc) is 2.62. The van der Waals surface area contributed by atoms with Crippen molar-refractivity contribution in [1.82, 2.24) is 9.80 Å². The molecule has 1 atom stereocenters. The lowest BCUT2D eigenvalue weighted by Gasteiger charge is -2.40. The van der Waals surface area contributed by atoms with Gasteiger partial charge in [-0.2, -0.15) is 0 Å². The third-order valence-electron chi connectivity index (χ3n) is 5.51. The first-order valence-corrected chi connectivity index (χ1v) is 9.25. The van der Waals surface area contributed by atoms with Crippen LogP contribution < -0.4 is 0 Å². The van der Waals surface area contributed by atoms with Gasteiger partial charge in [-0.05, 0) is 44.1 Å². The second-order valence-electron chi connectivity index (χ2n) is 7.15. The molecule has 0 spiro atoms. The van der Waals surface area contributed by atoms with Gasteiger partial charge in [-0.1, -0.05) is 30.3 Å². The summed E-state index contributed by atoms with van der Waals surface area (Å²) in [4.78, 5) is 28.5. The van der Waals surface area contributed by atoms with Crippen molar-refractivity contribution >= 4 is 11.8 Å². The van der Waals surface area contributed by atoms with Gasteiger partial charge in [0.05, 0.1) is 0 Å². The average molecular weight is 328 g/mol. The van der Waals surface area contributed by atoms with Crippen molar-refractivity contribution in [3.8, 4) is 0 Å². The Hall–Kier alpha value is -1.84. The molecule has 4 nitrogen and oxygen atoms in total. The molecular formula is C20H28N2O2. The molecule has 0 aromatic heterocycles. The normalized spacial score (nSPS) is 22.5. The Balaban J connectivity index is 1.62. The van der Waals surface area contributed by atoms with Crippen molar-refractivity contribution in [2.24, 2.45) is 5.92 Å². The zero-order valence-electron chi connectivity index (χ0n) is 14.6. The first-order chi connectivity index (χ1) is 11.6. The quantitative estimate of drug-likeness (QED) is 0.856. The lowest BCUT2D eigenvalue weighted by atomic mass is 9.90. The zero-order chi connectivity index (χ0) is 16.9. The van der Waals surface area contributed by atoms with Crippen LogP contribution in [0.15, 0.2) is 30.3 Å². The van der Waals surface area contributed by atoms with Crippen LogP contribution in [0.25, 0.3) is 0 Å². The number of piperidine rings is 2. The lowest BCUT2D eigenvalue weighted by Crippen LogP contribution is -2.50. The molecule has 0 aliphatic carbocycles. The third kappa shape index (κ3) is 3.97. The second kappa shape index (κ2) is 7.82. The summed E-state index contributed by atoms with van der Waals surface area (Å²) in [5.74, 6) is 0.539. The Morgan fingerprint density at radius 3 is 2.38 bits per heavy atom. The molecule has 2 aliphatic heterocycles. The minimum atomic E-state index is 0.0944. The summed E-state index contributed by atoms with van der Waals surface area (Å²) < 4.78 is 0. The molecule has 2 fully saturated rings. The summed E-state index contributed by atoms with van der Waals surface area (Å²) in [7, 11) is 0. The van der Waals surface area contributed by atoms with Gasteiger partial charge in [-0.3, -0.25) is 9.59 Å². The Morgan fingerprint density at radius 2 is 1.71 bits per heavy atom. The molecule has 2 aliphatic rings. The number of benzene rings is 1. The SMILES string of the molecule is CC(=O)N1CCC(C(=O)N2CCCCC2Cc2ccccc2)CC1. The van der Waals surface area contributed by atoms with Gasteiger partial charge in [0.25, 0.3) is 0 Å². The van der Waals surface area contributed by atoms with Gasteiger partial charge >= 0.3 is 0 Å². The van der Waals surface area contributed by atoms with E-state index in [0.717, 1.165) is 51.7 Å². The minimum Gasteiger partial charge on any atom is -0.343 e. The maximum absolute atomic E-state index is 13.1. The van der Waals surface area contributed by atoms with E-state index in [1.54, 1.807) is 6.92 Å². The fraction of sp³-hybridized carbons (Fsp3) is 0.600.